The summed E-state index contributed by atoms with van der Waals surface area (Å²) in [6.07, 6.45) is 0. The first-order valence-electron chi connectivity index (χ1n) is 4.56. The topological polar surface area (TPSA) is 50.7 Å². The molecule has 2 unspecified atom stereocenters. The van der Waals surface area contributed by atoms with Gasteiger partial charge in [-0.25, -0.2) is 0 Å². The van der Waals surface area contributed by atoms with Crippen molar-refractivity contribution in [2.75, 3.05) is 40.6 Å². The van der Waals surface area contributed by atoms with Crippen molar-refractivity contribution in [1.29, 1.82) is 0 Å². The van der Waals surface area contributed by atoms with Crippen molar-refractivity contribution in [2.24, 2.45) is 5.92 Å². The Balaban J connectivity index is 3.46. The Morgan fingerprint density at radius 3 is 2.31 bits per heavy atom. The summed E-state index contributed by atoms with van der Waals surface area (Å²) in [7, 11) is 3.32. The molecule has 0 amide bonds. The van der Waals surface area contributed by atoms with Crippen LogP contribution < -0.4 is 5.32 Å². The fraction of sp³-hybridized carbons (Fsp3) is 1.00. The maximum atomic E-state index is 8.93. The number of hydrogen-bond donors (Lipinski definition) is 2. The number of rotatable bonds is 8. The molecule has 0 bridgehead atoms. The van der Waals surface area contributed by atoms with Crippen LogP contribution in [0, 0.1) is 5.92 Å². The highest BCUT2D eigenvalue weighted by Gasteiger charge is 2.08. The van der Waals surface area contributed by atoms with Gasteiger partial charge in [0.1, 0.15) is 0 Å². The highest BCUT2D eigenvalue weighted by molar-refractivity contribution is 4.66. The summed E-state index contributed by atoms with van der Waals surface area (Å²) >= 11 is 0. The second kappa shape index (κ2) is 8.44. The second-order valence-electron chi connectivity index (χ2n) is 3.30. The standard InChI is InChI=1S/C9H21NO3/c1-8(6-12-2)4-10-9(5-11)7-13-3/h8-11H,4-7H2,1-3H3. The first-order valence-corrected chi connectivity index (χ1v) is 4.56. The predicted molar refractivity (Wildman–Crippen MR) is 51.8 cm³/mol. The third-order valence-electron chi connectivity index (χ3n) is 1.79. The molecule has 0 saturated carbocycles. The number of aliphatic hydroxyl groups is 1. The number of nitrogens with one attached hydrogen (secondary N) is 1. The van der Waals surface area contributed by atoms with Crippen molar-refractivity contribution in [2.45, 2.75) is 13.0 Å². The fourth-order valence-electron chi connectivity index (χ4n) is 1.09. The van der Waals surface area contributed by atoms with Crippen molar-refractivity contribution in [3.05, 3.63) is 0 Å². The summed E-state index contributed by atoms with van der Waals surface area (Å²) in [6, 6.07) is 0.0318. The Morgan fingerprint density at radius 1 is 1.23 bits per heavy atom. The summed E-state index contributed by atoms with van der Waals surface area (Å²) in [4.78, 5) is 0. The van der Waals surface area contributed by atoms with Gasteiger partial charge in [-0.15, -0.1) is 0 Å². The lowest BCUT2D eigenvalue weighted by Gasteiger charge is -2.18. The maximum absolute atomic E-state index is 8.93. The first kappa shape index (κ1) is 12.8. The van der Waals surface area contributed by atoms with E-state index in [0.29, 0.717) is 12.5 Å². The average Bonchev–Trinajstić information content (AvgIpc) is 2.12. The minimum Gasteiger partial charge on any atom is -0.395 e. The molecule has 0 aliphatic carbocycles. The molecule has 4 heteroatoms. The van der Waals surface area contributed by atoms with E-state index in [1.165, 1.54) is 0 Å². The van der Waals surface area contributed by atoms with Gasteiger partial charge in [0, 0.05) is 27.4 Å². The Hall–Kier alpha value is -0.160. The summed E-state index contributed by atoms with van der Waals surface area (Å²) < 4.78 is 9.93. The van der Waals surface area contributed by atoms with E-state index in [1.807, 2.05) is 0 Å². The number of aliphatic hydroxyl groups excluding tert-OH is 1. The number of ether oxygens (including phenoxy) is 2. The molecule has 0 aromatic carbocycles. The molecule has 80 valence electrons. The van der Waals surface area contributed by atoms with Crippen molar-refractivity contribution < 1.29 is 14.6 Å². The Morgan fingerprint density at radius 2 is 1.85 bits per heavy atom. The third kappa shape index (κ3) is 6.95. The van der Waals surface area contributed by atoms with Crippen molar-refractivity contribution in [3.63, 3.8) is 0 Å². The van der Waals surface area contributed by atoms with Crippen LogP contribution in [0.4, 0.5) is 0 Å². The summed E-state index contributed by atoms with van der Waals surface area (Å²) in [5, 5.41) is 12.1. The van der Waals surface area contributed by atoms with E-state index in [-0.39, 0.29) is 12.6 Å². The van der Waals surface area contributed by atoms with E-state index >= 15 is 0 Å². The van der Waals surface area contributed by atoms with Gasteiger partial charge in [0.25, 0.3) is 0 Å². The lowest BCUT2D eigenvalue weighted by atomic mass is 10.2. The Labute approximate surface area is 80.2 Å². The van der Waals surface area contributed by atoms with Gasteiger partial charge in [-0.2, -0.15) is 0 Å². The third-order valence-corrected chi connectivity index (χ3v) is 1.79. The zero-order valence-corrected chi connectivity index (χ0v) is 8.75. The van der Waals surface area contributed by atoms with Crippen LogP contribution in [-0.2, 0) is 9.47 Å². The molecule has 2 N–H and O–H groups in total. The minimum atomic E-state index is 0.0318. The van der Waals surface area contributed by atoms with Gasteiger partial charge in [-0.3, -0.25) is 0 Å². The fourth-order valence-corrected chi connectivity index (χ4v) is 1.09. The molecule has 0 spiro atoms. The Kier molecular flexibility index (Phi) is 8.33. The van der Waals surface area contributed by atoms with E-state index in [9.17, 15) is 0 Å². The summed E-state index contributed by atoms with van der Waals surface area (Å²) in [5.74, 6) is 0.455. The molecule has 0 rings (SSSR count). The largest absolute Gasteiger partial charge is 0.395 e. The van der Waals surface area contributed by atoms with Gasteiger partial charge in [-0.05, 0) is 5.92 Å². The van der Waals surface area contributed by atoms with Crippen LogP contribution in [0.25, 0.3) is 0 Å². The maximum Gasteiger partial charge on any atom is 0.0638 e. The monoisotopic (exact) mass is 191 g/mol. The smallest absolute Gasteiger partial charge is 0.0638 e. The van der Waals surface area contributed by atoms with E-state index < -0.39 is 0 Å². The molecule has 0 fully saturated rings. The van der Waals surface area contributed by atoms with Crippen LogP contribution in [0.15, 0.2) is 0 Å². The molecule has 0 aromatic heterocycles. The van der Waals surface area contributed by atoms with E-state index in [0.717, 1.165) is 13.2 Å². The van der Waals surface area contributed by atoms with Crippen LogP contribution in [-0.4, -0.2) is 51.7 Å². The van der Waals surface area contributed by atoms with E-state index in [4.69, 9.17) is 14.6 Å². The molecule has 13 heavy (non-hydrogen) atoms. The molecule has 0 saturated heterocycles. The average molecular weight is 191 g/mol. The van der Waals surface area contributed by atoms with E-state index in [1.54, 1.807) is 14.2 Å². The number of methoxy groups -OCH3 is 2. The number of hydrogen-bond acceptors (Lipinski definition) is 4. The highest BCUT2D eigenvalue weighted by atomic mass is 16.5. The predicted octanol–water partition coefficient (Wildman–Crippen LogP) is -0.134. The second-order valence-corrected chi connectivity index (χ2v) is 3.30. The molecule has 0 aliphatic heterocycles. The summed E-state index contributed by atoms with van der Waals surface area (Å²) in [5.41, 5.74) is 0. The quantitative estimate of drug-likeness (QED) is 0.561. The molecule has 0 aromatic rings. The van der Waals surface area contributed by atoms with Gasteiger partial charge < -0.3 is 19.9 Å². The van der Waals surface area contributed by atoms with Crippen LogP contribution in [0.2, 0.25) is 0 Å². The lowest BCUT2D eigenvalue weighted by Crippen LogP contribution is -2.39. The van der Waals surface area contributed by atoms with Crippen molar-refractivity contribution in [1.82, 2.24) is 5.32 Å². The molecular formula is C9H21NO3. The Bertz CT molecular complexity index is 111. The van der Waals surface area contributed by atoms with Crippen LogP contribution in [0.1, 0.15) is 6.92 Å². The molecule has 0 heterocycles. The lowest BCUT2D eigenvalue weighted by molar-refractivity contribution is 0.117. The molecule has 0 radical (unpaired) electrons. The molecule has 0 aliphatic rings. The van der Waals surface area contributed by atoms with Crippen LogP contribution in [0.5, 0.6) is 0 Å². The van der Waals surface area contributed by atoms with Crippen molar-refractivity contribution in [3.8, 4) is 0 Å². The van der Waals surface area contributed by atoms with E-state index in [2.05, 4.69) is 12.2 Å². The first-order chi connectivity index (χ1) is 6.24. The normalized spacial score (nSPS) is 15.7. The van der Waals surface area contributed by atoms with Gasteiger partial charge in [0.2, 0.25) is 0 Å². The van der Waals surface area contributed by atoms with Gasteiger partial charge in [0.05, 0.1) is 19.3 Å². The highest BCUT2D eigenvalue weighted by Crippen LogP contribution is 1.93. The minimum absolute atomic E-state index is 0.0318. The molecular weight excluding hydrogens is 170 g/mol. The molecule has 2 atom stereocenters. The SMILES string of the molecule is COCC(C)CNC(CO)COC. The van der Waals surface area contributed by atoms with Gasteiger partial charge in [0.15, 0.2) is 0 Å². The zero-order chi connectivity index (χ0) is 10.1. The van der Waals surface area contributed by atoms with Crippen LogP contribution in [0.3, 0.4) is 0 Å². The summed E-state index contributed by atoms with van der Waals surface area (Å²) in [6.45, 7) is 4.31. The molecule has 4 nitrogen and oxygen atoms in total. The van der Waals surface area contributed by atoms with Gasteiger partial charge in [-0.1, -0.05) is 6.92 Å². The van der Waals surface area contributed by atoms with Crippen LogP contribution >= 0.6 is 0 Å². The zero-order valence-electron chi connectivity index (χ0n) is 8.75. The van der Waals surface area contributed by atoms with Crippen molar-refractivity contribution >= 4 is 0 Å². The van der Waals surface area contributed by atoms with Gasteiger partial charge >= 0.3 is 0 Å².